The number of nitrogens with zero attached hydrogens (tertiary/aromatic N) is 1. The van der Waals surface area contributed by atoms with Gasteiger partial charge in [0.15, 0.2) is 0 Å². The van der Waals surface area contributed by atoms with Crippen LogP contribution in [0.2, 0.25) is 0 Å². The molecule has 0 radical (unpaired) electrons. The normalized spacial score (nSPS) is 20.4. The second-order valence-electron chi connectivity index (χ2n) is 5.13. The van der Waals surface area contributed by atoms with E-state index in [0.717, 1.165) is 12.3 Å². The zero-order valence-electron chi connectivity index (χ0n) is 11.1. The summed E-state index contributed by atoms with van der Waals surface area (Å²) in [5.74, 6) is 0.906. The van der Waals surface area contributed by atoms with E-state index >= 15 is 0 Å². The monoisotopic (exact) mass is 258 g/mol. The first-order valence-corrected chi connectivity index (χ1v) is 7.10. The Bertz CT molecular complexity index is 303. The molecule has 0 aliphatic carbocycles. The average Bonchev–Trinajstić information content (AvgIpc) is 2.28. The standard InChI is InChI=1S/C12H22N2O2S/c1-9(2)17-8-7-14-6-5-10(15)13-12(3,4)11(14)16/h9H,5-8H2,1-4H3,(H,13,15). The number of carbonyl (C=O) groups is 2. The van der Waals surface area contributed by atoms with Crippen molar-refractivity contribution in [3.8, 4) is 0 Å². The molecule has 1 aliphatic rings. The van der Waals surface area contributed by atoms with Crippen LogP contribution in [-0.4, -0.2) is 46.3 Å². The van der Waals surface area contributed by atoms with Crippen LogP contribution in [0.4, 0.5) is 0 Å². The first-order valence-electron chi connectivity index (χ1n) is 6.05. The maximum absolute atomic E-state index is 12.2. The van der Waals surface area contributed by atoms with Crippen molar-refractivity contribution in [2.24, 2.45) is 0 Å². The molecule has 0 spiro atoms. The van der Waals surface area contributed by atoms with Gasteiger partial charge in [0.25, 0.3) is 0 Å². The Kier molecular flexibility index (Phi) is 4.86. The minimum atomic E-state index is -0.768. The number of thioether (sulfide) groups is 1. The predicted molar refractivity (Wildman–Crippen MR) is 71.0 cm³/mol. The predicted octanol–water partition coefficient (Wildman–Crippen LogP) is 1.26. The van der Waals surface area contributed by atoms with Crippen LogP contribution in [0.3, 0.4) is 0 Å². The Hall–Kier alpha value is -0.710. The molecular formula is C12H22N2O2S. The molecule has 1 saturated heterocycles. The Morgan fingerprint density at radius 2 is 2.06 bits per heavy atom. The molecule has 0 unspecified atom stereocenters. The molecule has 17 heavy (non-hydrogen) atoms. The maximum atomic E-state index is 12.2. The molecule has 1 N–H and O–H groups in total. The third kappa shape index (κ3) is 4.22. The SMILES string of the molecule is CC(C)SCCN1CCC(=O)NC(C)(C)C1=O. The van der Waals surface area contributed by atoms with E-state index in [1.807, 2.05) is 11.8 Å². The molecule has 2 amide bonds. The van der Waals surface area contributed by atoms with Crippen LogP contribution in [0, 0.1) is 0 Å². The van der Waals surface area contributed by atoms with Crippen molar-refractivity contribution in [2.75, 3.05) is 18.8 Å². The van der Waals surface area contributed by atoms with E-state index in [1.165, 1.54) is 0 Å². The highest BCUT2D eigenvalue weighted by molar-refractivity contribution is 7.99. The van der Waals surface area contributed by atoms with Gasteiger partial charge in [-0.25, -0.2) is 0 Å². The van der Waals surface area contributed by atoms with Crippen LogP contribution in [0.5, 0.6) is 0 Å². The molecule has 98 valence electrons. The van der Waals surface area contributed by atoms with Crippen molar-refractivity contribution >= 4 is 23.6 Å². The number of carbonyl (C=O) groups excluding carboxylic acids is 2. The van der Waals surface area contributed by atoms with Crippen molar-refractivity contribution < 1.29 is 9.59 Å². The molecule has 0 aromatic rings. The molecule has 1 fully saturated rings. The summed E-state index contributed by atoms with van der Waals surface area (Å²) in [4.78, 5) is 25.5. The second kappa shape index (κ2) is 5.76. The van der Waals surface area contributed by atoms with E-state index in [2.05, 4.69) is 19.2 Å². The summed E-state index contributed by atoms with van der Waals surface area (Å²) >= 11 is 1.84. The van der Waals surface area contributed by atoms with Gasteiger partial charge in [0.2, 0.25) is 11.8 Å². The van der Waals surface area contributed by atoms with E-state index in [-0.39, 0.29) is 11.8 Å². The van der Waals surface area contributed by atoms with E-state index in [1.54, 1.807) is 18.7 Å². The number of hydrogen-bond donors (Lipinski definition) is 1. The van der Waals surface area contributed by atoms with Crippen LogP contribution in [0.25, 0.3) is 0 Å². The molecule has 0 bridgehead atoms. The van der Waals surface area contributed by atoms with Crippen LogP contribution >= 0.6 is 11.8 Å². The van der Waals surface area contributed by atoms with Gasteiger partial charge < -0.3 is 10.2 Å². The number of rotatable bonds is 4. The summed E-state index contributed by atoms with van der Waals surface area (Å²) in [7, 11) is 0. The number of nitrogens with one attached hydrogen (secondary N) is 1. The summed E-state index contributed by atoms with van der Waals surface area (Å²) in [6, 6.07) is 0. The minimum Gasteiger partial charge on any atom is -0.342 e. The molecule has 5 heteroatoms. The first kappa shape index (κ1) is 14.4. The van der Waals surface area contributed by atoms with Gasteiger partial charge in [-0.15, -0.1) is 0 Å². The van der Waals surface area contributed by atoms with Crippen molar-refractivity contribution in [1.29, 1.82) is 0 Å². The van der Waals surface area contributed by atoms with Gasteiger partial charge in [0.1, 0.15) is 5.54 Å². The van der Waals surface area contributed by atoms with Gasteiger partial charge in [-0.3, -0.25) is 9.59 Å². The fraction of sp³-hybridized carbons (Fsp3) is 0.833. The molecule has 0 aromatic heterocycles. The van der Waals surface area contributed by atoms with Crippen molar-refractivity contribution in [1.82, 2.24) is 10.2 Å². The first-order chi connectivity index (χ1) is 7.83. The van der Waals surface area contributed by atoms with Gasteiger partial charge in [0.05, 0.1) is 0 Å². The Balaban J connectivity index is 2.58. The largest absolute Gasteiger partial charge is 0.342 e. The van der Waals surface area contributed by atoms with Crippen LogP contribution in [-0.2, 0) is 9.59 Å². The highest BCUT2D eigenvalue weighted by atomic mass is 32.2. The lowest BCUT2D eigenvalue weighted by atomic mass is 10.0. The summed E-state index contributed by atoms with van der Waals surface area (Å²) in [5, 5.41) is 3.33. The Morgan fingerprint density at radius 3 is 2.65 bits per heavy atom. The lowest BCUT2D eigenvalue weighted by Crippen LogP contribution is -2.53. The molecule has 1 aliphatic heterocycles. The summed E-state index contributed by atoms with van der Waals surface area (Å²) in [6.45, 7) is 9.07. The lowest BCUT2D eigenvalue weighted by Gasteiger charge is -2.28. The zero-order valence-corrected chi connectivity index (χ0v) is 11.9. The molecule has 0 saturated carbocycles. The fourth-order valence-corrected chi connectivity index (χ4v) is 2.61. The van der Waals surface area contributed by atoms with E-state index in [0.29, 0.717) is 18.2 Å². The maximum Gasteiger partial charge on any atom is 0.247 e. The zero-order chi connectivity index (χ0) is 13.1. The topological polar surface area (TPSA) is 49.4 Å². The van der Waals surface area contributed by atoms with Gasteiger partial charge in [0, 0.05) is 25.3 Å². The van der Waals surface area contributed by atoms with Gasteiger partial charge >= 0.3 is 0 Å². The van der Waals surface area contributed by atoms with Gasteiger partial charge in [-0.1, -0.05) is 13.8 Å². The minimum absolute atomic E-state index is 0.0210. The summed E-state index contributed by atoms with van der Waals surface area (Å²) in [5.41, 5.74) is -0.768. The van der Waals surface area contributed by atoms with E-state index in [4.69, 9.17) is 0 Å². The smallest absolute Gasteiger partial charge is 0.247 e. The van der Waals surface area contributed by atoms with E-state index in [9.17, 15) is 9.59 Å². The highest BCUT2D eigenvalue weighted by Crippen LogP contribution is 2.15. The summed E-state index contributed by atoms with van der Waals surface area (Å²) < 4.78 is 0. The third-order valence-electron chi connectivity index (χ3n) is 2.69. The number of amides is 2. The number of hydrogen-bond acceptors (Lipinski definition) is 3. The molecule has 1 heterocycles. The quantitative estimate of drug-likeness (QED) is 0.826. The van der Waals surface area contributed by atoms with Crippen LogP contribution in [0.1, 0.15) is 34.1 Å². The Labute approximate surface area is 108 Å². The van der Waals surface area contributed by atoms with Gasteiger partial charge in [-0.05, 0) is 19.1 Å². The van der Waals surface area contributed by atoms with Gasteiger partial charge in [-0.2, -0.15) is 11.8 Å². The van der Waals surface area contributed by atoms with E-state index < -0.39 is 5.54 Å². The molecular weight excluding hydrogens is 236 g/mol. The fourth-order valence-electron chi connectivity index (χ4n) is 1.81. The lowest BCUT2D eigenvalue weighted by molar-refractivity contribution is -0.137. The second-order valence-corrected chi connectivity index (χ2v) is 6.82. The highest BCUT2D eigenvalue weighted by Gasteiger charge is 2.36. The molecule has 1 rings (SSSR count). The van der Waals surface area contributed by atoms with Crippen LogP contribution in [0.15, 0.2) is 0 Å². The third-order valence-corrected chi connectivity index (χ3v) is 3.78. The van der Waals surface area contributed by atoms with Crippen LogP contribution < -0.4 is 5.32 Å². The molecule has 4 nitrogen and oxygen atoms in total. The summed E-state index contributed by atoms with van der Waals surface area (Å²) in [6.07, 6.45) is 0.404. The molecule has 0 atom stereocenters. The van der Waals surface area contributed by atoms with Crippen molar-refractivity contribution in [3.05, 3.63) is 0 Å². The van der Waals surface area contributed by atoms with Crippen molar-refractivity contribution in [2.45, 2.75) is 44.9 Å². The average molecular weight is 258 g/mol. The van der Waals surface area contributed by atoms with Crippen molar-refractivity contribution in [3.63, 3.8) is 0 Å². The molecule has 0 aromatic carbocycles. The Morgan fingerprint density at radius 1 is 1.41 bits per heavy atom.